The molecule has 3 nitrogen and oxygen atoms in total. The number of ether oxygens (including phenoxy) is 1. The molecule has 0 aliphatic rings. The highest BCUT2D eigenvalue weighted by molar-refractivity contribution is 5.83. The van der Waals surface area contributed by atoms with Crippen molar-refractivity contribution in [3.05, 3.63) is 78.1 Å². The summed E-state index contributed by atoms with van der Waals surface area (Å²) < 4.78 is 5.84. The third kappa shape index (κ3) is 6.48. The highest BCUT2D eigenvalue weighted by Crippen LogP contribution is 2.35. The van der Waals surface area contributed by atoms with E-state index in [-0.39, 0.29) is 5.75 Å². The van der Waals surface area contributed by atoms with Crippen molar-refractivity contribution in [1.29, 1.82) is 0 Å². The maximum absolute atomic E-state index is 10.6. The molecule has 0 unspecified atom stereocenters. The number of pyridine rings is 1. The Bertz CT molecular complexity index is 935. The molecular formula is C27H31NO2. The molecule has 0 bridgehead atoms. The molecule has 2 aromatic carbocycles. The molecule has 3 rings (SSSR count). The monoisotopic (exact) mass is 401 g/mol. The summed E-state index contributed by atoms with van der Waals surface area (Å²) in [6.45, 7) is 2.92. The Morgan fingerprint density at radius 1 is 0.833 bits per heavy atom. The summed E-state index contributed by atoms with van der Waals surface area (Å²) in [6.07, 6.45) is 15.1. The number of rotatable bonds is 11. The van der Waals surface area contributed by atoms with Gasteiger partial charge in [0, 0.05) is 24.0 Å². The van der Waals surface area contributed by atoms with Gasteiger partial charge in [-0.2, -0.15) is 0 Å². The van der Waals surface area contributed by atoms with Gasteiger partial charge in [-0.15, -0.1) is 0 Å². The van der Waals surface area contributed by atoms with E-state index >= 15 is 0 Å². The highest BCUT2D eigenvalue weighted by Gasteiger charge is 2.09. The van der Waals surface area contributed by atoms with Gasteiger partial charge in [0.15, 0.2) is 0 Å². The van der Waals surface area contributed by atoms with E-state index in [9.17, 15) is 5.11 Å². The van der Waals surface area contributed by atoms with Crippen molar-refractivity contribution in [2.24, 2.45) is 0 Å². The normalized spacial score (nSPS) is 11.1. The van der Waals surface area contributed by atoms with Crippen LogP contribution in [0.4, 0.5) is 0 Å². The number of phenols is 1. The van der Waals surface area contributed by atoms with Gasteiger partial charge in [-0.05, 0) is 47.4 Å². The summed E-state index contributed by atoms with van der Waals surface area (Å²) in [5, 5.41) is 10.6. The van der Waals surface area contributed by atoms with E-state index in [1.54, 1.807) is 18.5 Å². The molecule has 0 atom stereocenters. The van der Waals surface area contributed by atoms with Gasteiger partial charge in [-0.25, -0.2) is 0 Å². The lowest BCUT2D eigenvalue weighted by Gasteiger charge is -2.11. The Labute approximate surface area is 180 Å². The van der Waals surface area contributed by atoms with Gasteiger partial charge in [-0.1, -0.05) is 75.4 Å². The minimum Gasteiger partial charge on any atom is -0.507 e. The van der Waals surface area contributed by atoms with Crippen LogP contribution in [0, 0.1) is 0 Å². The molecule has 0 spiro atoms. The van der Waals surface area contributed by atoms with Gasteiger partial charge in [0.2, 0.25) is 0 Å². The van der Waals surface area contributed by atoms with Crippen molar-refractivity contribution in [2.75, 3.05) is 6.61 Å². The van der Waals surface area contributed by atoms with E-state index in [2.05, 4.69) is 30.1 Å². The first-order valence-corrected chi connectivity index (χ1v) is 10.9. The first-order chi connectivity index (χ1) is 14.8. The van der Waals surface area contributed by atoms with Gasteiger partial charge >= 0.3 is 0 Å². The van der Waals surface area contributed by atoms with E-state index in [1.807, 2.05) is 42.5 Å². The van der Waals surface area contributed by atoms with Gasteiger partial charge in [0.1, 0.15) is 11.5 Å². The summed E-state index contributed by atoms with van der Waals surface area (Å²) in [5.74, 6) is 0.954. The lowest BCUT2D eigenvalue weighted by molar-refractivity contribution is 0.303. The van der Waals surface area contributed by atoms with Crippen LogP contribution in [-0.2, 0) is 0 Å². The summed E-state index contributed by atoms with van der Waals surface area (Å²) in [7, 11) is 0. The lowest BCUT2D eigenvalue weighted by Crippen LogP contribution is -1.97. The first-order valence-electron chi connectivity index (χ1n) is 10.9. The zero-order valence-electron chi connectivity index (χ0n) is 17.8. The highest BCUT2D eigenvalue weighted by atomic mass is 16.5. The van der Waals surface area contributed by atoms with Crippen LogP contribution in [0.15, 0.2) is 67.0 Å². The Morgan fingerprint density at radius 3 is 2.40 bits per heavy atom. The average Bonchev–Trinajstić information content (AvgIpc) is 2.78. The second kappa shape index (κ2) is 11.8. The number of unbranched alkanes of at least 4 members (excludes halogenated alkanes) is 5. The van der Waals surface area contributed by atoms with Crippen molar-refractivity contribution in [3.63, 3.8) is 0 Å². The molecule has 0 aliphatic carbocycles. The number of phenolic OH excluding ortho intramolecular Hbond substituents is 1. The third-order valence-electron chi connectivity index (χ3n) is 5.15. The number of benzene rings is 2. The fourth-order valence-electron chi connectivity index (χ4n) is 3.45. The molecule has 0 amide bonds. The molecule has 0 saturated carbocycles. The molecular weight excluding hydrogens is 370 g/mol. The number of aromatic nitrogens is 1. The smallest absolute Gasteiger partial charge is 0.127 e. The Hall–Kier alpha value is -3.07. The van der Waals surface area contributed by atoms with Crippen molar-refractivity contribution >= 4 is 12.2 Å². The zero-order valence-corrected chi connectivity index (χ0v) is 17.8. The SMILES string of the molecule is CCCCCCCCOc1ccc(-c2ccccc2C=Cc2ccncc2)c(O)c1. The van der Waals surface area contributed by atoms with Crippen LogP contribution in [0.1, 0.15) is 56.6 Å². The average molecular weight is 402 g/mol. The predicted octanol–water partition coefficient (Wildman–Crippen LogP) is 7.36. The predicted molar refractivity (Wildman–Crippen MR) is 126 cm³/mol. The topological polar surface area (TPSA) is 42.4 Å². The molecule has 0 radical (unpaired) electrons. The largest absolute Gasteiger partial charge is 0.507 e. The fraction of sp³-hybridized carbons (Fsp3) is 0.296. The molecule has 0 aliphatic heterocycles. The minimum absolute atomic E-state index is 0.236. The van der Waals surface area contributed by atoms with Crippen LogP contribution in [0.2, 0.25) is 0 Å². The molecule has 1 heterocycles. The molecule has 0 fully saturated rings. The van der Waals surface area contributed by atoms with E-state index in [4.69, 9.17) is 4.74 Å². The summed E-state index contributed by atoms with van der Waals surface area (Å²) >= 11 is 0. The van der Waals surface area contributed by atoms with Gasteiger partial charge in [0.05, 0.1) is 6.61 Å². The maximum Gasteiger partial charge on any atom is 0.127 e. The number of hydrogen-bond acceptors (Lipinski definition) is 3. The van der Waals surface area contributed by atoms with Crippen molar-refractivity contribution in [2.45, 2.75) is 45.4 Å². The Morgan fingerprint density at radius 2 is 1.60 bits per heavy atom. The van der Waals surface area contributed by atoms with Crippen LogP contribution in [0.5, 0.6) is 11.5 Å². The summed E-state index contributed by atoms with van der Waals surface area (Å²) in [5.41, 5.74) is 3.92. The van der Waals surface area contributed by atoms with Crippen LogP contribution in [0.25, 0.3) is 23.3 Å². The van der Waals surface area contributed by atoms with Gasteiger partial charge in [-0.3, -0.25) is 4.98 Å². The lowest BCUT2D eigenvalue weighted by atomic mass is 9.98. The minimum atomic E-state index is 0.236. The van der Waals surface area contributed by atoms with Crippen molar-refractivity contribution in [1.82, 2.24) is 4.98 Å². The Balaban J connectivity index is 1.65. The molecule has 3 aromatic rings. The van der Waals surface area contributed by atoms with Gasteiger partial charge in [0.25, 0.3) is 0 Å². The van der Waals surface area contributed by atoms with Gasteiger partial charge < -0.3 is 9.84 Å². The fourth-order valence-corrected chi connectivity index (χ4v) is 3.45. The molecule has 30 heavy (non-hydrogen) atoms. The summed E-state index contributed by atoms with van der Waals surface area (Å²) in [6, 6.07) is 17.6. The van der Waals surface area contributed by atoms with E-state index < -0.39 is 0 Å². The first kappa shape index (κ1) is 21.6. The number of hydrogen-bond donors (Lipinski definition) is 1. The van der Waals surface area contributed by atoms with Crippen molar-refractivity contribution in [3.8, 4) is 22.6 Å². The van der Waals surface area contributed by atoms with Crippen LogP contribution >= 0.6 is 0 Å². The number of nitrogens with zero attached hydrogens (tertiary/aromatic N) is 1. The molecule has 1 N–H and O–H groups in total. The molecule has 0 saturated heterocycles. The quantitative estimate of drug-likeness (QED) is 0.341. The van der Waals surface area contributed by atoms with Crippen LogP contribution < -0.4 is 4.74 Å². The van der Waals surface area contributed by atoms with E-state index in [0.29, 0.717) is 6.61 Å². The number of aromatic hydroxyl groups is 1. The molecule has 156 valence electrons. The van der Waals surface area contributed by atoms with Crippen LogP contribution in [-0.4, -0.2) is 16.7 Å². The second-order valence-electron chi connectivity index (χ2n) is 7.50. The third-order valence-corrected chi connectivity index (χ3v) is 5.15. The zero-order chi connectivity index (χ0) is 21.0. The Kier molecular flexibility index (Phi) is 8.52. The standard InChI is InChI=1S/C27H31NO2/c1-2-3-4-5-6-9-20-30-24-14-15-26(27(29)21-24)25-11-8-7-10-23(25)13-12-22-16-18-28-19-17-22/h7-8,10-19,21,29H,2-6,9,20H2,1H3. The second-order valence-corrected chi connectivity index (χ2v) is 7.50. The van der Waals surface area contributed by atoms with Crippen molar-refractivity contribution < 1.29 is 9.84 Å². The van der Waals surface area contributed by atoms with Crippen LogP contribution in [0.3, 0.4) is 0 Å². The maximum atomic E-state index is 10.6. The van der Waals surface area contributed by atoms with E-state index in [1.165, 1.54) is 32.1 Å². The van der Waals surface area contributed by atoms with E-state index in [0.717, 1.165) is 34.4 Å². The molecule has 3 heteroatoms. The molecule has 1 aromatic heterocycles. The summed E-state index contributed by atoms with van der Waals surface area (Å²) in [4.78, 5) is 4.05.